The van der Waals surface area contributed by atoms with Crippen molar-refractivity contribution in [2.75, 3.05) is 59.5 Å². The van der Waals surface area contributed by atoms with Crippen LogP contribution in [0.2, 0.25) is 0 Å². The van der Waals surface area contributed by atoms with Gasteiger partial charge in [0.15, 0.2) is 18.9 Å². The SMILES string of the molecule is O=C(CCCCCN(CCO[C@@H]1OC[C@@H](O)[C@@H](O)[C@@H]1O)CCO[C@H]1O[C@H](CO[C@H]2O[C@H](CO)[C@@H](O)[C@H](O)[C@@H]2O)[C@@H](O)[C@H](OCO)[C@@H]1O)ON1C(=O)CCC1=O. The van der Waals surface area contributed by atoms with Crippen LogP contribution in [0.25, 0.3) is 0 Å². The highest BCUT2D eigenvalue weighted by molar-refractivity contribution is 6.01. The Labute approximate surface area is 315 Å². The van der Waals surface area contributed by atoms with E-state index in [0.29, 0.717) is 30.9 Å². The number of carbonyl (C=O) groups is 3. The van der Waals surface area contributed by atoms with Crippen molar-refractivity contribution < 1.29 is 103 Å². The zero-order chi connectivity index (χ0) is 40.2. The number of carbonyl (C=O) groups excluding carboxylic acids is 3. The lowest BCUT2D eigenvalue weighted by Gasteiger charge is -2.43. The van der Waals surface area contributed by atoms with E-state index in [4.69, 9.17) is 38.0 Å². The number of amides is 2. The molecule has 2 amide bonds. The molecule has 0 aliphatic carbocycles. The first-order chi connectivity index (χ1) is 26.3. The van der Waals surface area contributed by atoms with Crippen LogP contribution in [0.1, 0.15) is 38.5 Å². The normalized spacial score (nSPS) is 37.2. The van der Waals surface area contributed by atoms with Crippen molar-refractivity contribution in [2.24, 2.45) is 0 Å². The summed E-state index contributed by atoms with van der Waals surface area (Å²) >= 11 is 0. The average Bonchev–Trinajstić information content (AvgIpc) is 3.48. The van der Waals surface area contributed by atoms with Crippen LogP contribution in [-0.2, 0) is 52.4 Å². The van der Waals surface area contributed by atoms with Gasteiger partial charge in [-0.15, -0.1) is 5.06 Å². The number of aliphatic hydroxyl groups excluding tert-OH is 10. The van der Waals surface area contributed by atoms with Crippen LogP contribution in [-0.4, -0.2) is 224 Å². The highest BCUT2D eigenvalue weighted by atomic mass is 16.7. The van der Waals surface area contributed by atoms with E-state index in [-0.39, 0.29) is 52.2 Å². The molecule has 0 radical (unpaired) electrons. The van der Waals surface area contributed by atoms with Crippen molar-refractivity contribution in [3.8, 4) is 0 Å². The summed E-state index contributed by atoms with van der Waals surface area (Å²) in [5, 5.41) is 101. The molecule has 0 saturated carbocycles. The van der Waals surface area contributed by atoms with Crippen LogP contribution >= 0.6 is 0 Å². The van der Waals surface area contributed by atoms with Crippen molar-refractivity contribution in [3.05, 3.63) is 0 Å². The molecule has 0 aromatic heterocycles. The van der Waals surface area contributed by atoms with Crippen molar-refractivity contribution in [1.82, 2.24) is 9.96 Å². The Hall–Kier alpha value is -2.11. The molecule has 4 heterocycles. The molecule has 55 heavy (non-hydrogen) atoms. The largest absolute Gasteiger partial charge is 0.394 e. The van der Waals surface area contributed by atoms with Gasteiger partial charge in [0.1, 0.15) is 73.9 Å². The van der Waals surface area contributed by atoms with Crippen molar-refractivity contribution in [3.63, 3.8) is 0 Å². The van der Waals surface area contributed by atoms with E-state index in [9.17, 15) is 65.4 Å². The molecule has 4 rings (SSSR count). The van der Waals surface area contributed by atoms with Gasteiger partial charge in [0.25, 0.3) is 11.8 Å². The zero-order valence-corrected chi connectivity index (χ0v) is 30.0. The van der Waals surface area contributed by atoms with Crippen molar-refractivity contribution >= 4 is 17.8 Å². The Kier molecular flexibility index (Phi) is 18.4. The monoisotopic (exact) mass is 802 g/mol. The molecule has 0 unspecified atom stereocenters. The number of hydrogen-bond acceptors (Lipinski definition) is 22. The third-order valence-electron chi connectivity index (χ3n) is 9.57. The summed E-state index contributed by atoms with van der Waals surface area (Å²) in [7, 11) is 0. The molecule has 23 nitrogen and oxygen atoms in total. The van der Waals surface area contributed by atoms with Crippen LogP contribution in [0, 0.1) is 0 Å². The highest BCUT2D eigenvalue weighted by Gasteiger charge is 2.48. The smallest absolute Gasteiger partial charge is 0.333 e. The molecule has 10 N–H and O–H groups in total. The van der Waals surface area contributed by atoms with Crippen LogP contribution in [0.3, 0.4) is 0 Å². The van der Waals surface area contributed by atoms with E-state index < -0.39 is 124 Å². The molecule has 4 fully saturated rings. The fourth-order valence-electron chi connectivity index (χ4n) is 6.30. The van der Waals surface area contributed by atoms with Gasteiger partial charge in [0, 0.05) is 32.4 Å². The molecule has 23 heteroatoms. The summed E-state index contributed by atoms with van der Waals surface area (Å²) in [6.45, 7) is -1.63. The fourth-order valence-corrected chi connectivity index (χ4v) is 6.30. The standard InChI is InChI=1S/C32H54N2O21/c35-12-17-23(42)25(44)27(46)31(53-17)51-14-18-24(43)29(52-15-36)28(47)32(54-18)49-11-9-33(8-10-48-30-26(45)22(41)16(37)13-50-30)7-3-1-2-4-21(40)55-34-19(38)5-6-20(34)39/h16-18,22-32,35-37,41-47H,1-15H2/t16-,17-,18-,22-,23-,24-,25+,26+,27+,28+,29+,30-,31+,32+/m1/s1. The first-order valence-corrected chi connectivity index (χ1v) is 18.1. The molecule has 4 saturated heterocycles. The van der Waals surface area contributed by atoms with Crippen LogP contribution in [0.4, 0.5) is 0 Å². The maximum absolute atomic E-state index is 12.2. The van der Waals surface area contributed by atoms with E-state index in [1.807, 2.05) is 4.90 Å². The number of rotatable bonds is 21. The van der Waals surface area contributed by atoms with Crippen LogP contribution in [0.5, 0.6) is 0 Å². The second-order valence-electron chi connectivity index (χ2n) is 13.5. The molecular weight excluding hydrogens is 748 g/mol. The minimum atomic E-state index is -1.74. The molecule has 0 aromatic carbocycles. The van der Waals surface area contributed by atoms with Crippen molar-refractivity contribution in [2.45, 2.75) is 125 Å². The number of imide groups is 1. The zero-order valence-electron chi connectivity index (χ0n) is 30.0. The molecule has 318 valence electrons. The maximum Gasteiger partial charge on any atom is 0.333 e. The lowest BCUT2D eigenvalue weighted by molar-refractivity contribution is -0.337. The van der Waals surface area contributed by atoms with E-state index in [1.165, 1.54) is 0 Å². The minimum absolute atomic E-state index is 0.00666. The van der Waals surface area contributed by atoms with Gasteiger partial charge in [-0.3, -0.25) is 14.5 Å². The Bertz CT molecular complexity index is 1190. The number of hydroxylamine groups is 2. The fraction of sp³-hybridized carbons (Fsp3) is 0.906. The third kappa shape index (κ3) is 12.4. The average molecular weight is 803 g/mol. The minimum Gasteiger partial charge on any atom is -0.394 e. The second kappa shape index (κ2) is 22.2. The molecule has 4 aliphatic heterocycles. The van der Waals surface area contributed by atoms with Crippen LogP contribution < -0.4 is 0 Å². The van der Waals surface area contributed by atoms with E-state index in [2.05, 4.69) is 0 Å². The second-order valence-corrected chi connectivity index (χ2v) is 13.5. The van der Waals surface area contributed by atoms with Gasteiger partial charge in [-0.2, -0.15) is 0 Å². The lowest BCUT2D eigenvalue weighted by Crippen LogP contribution is -2.62. The van der Waals surface area contributed by atoms with Gasteiger partial charge in [-0.1, -0.05) is 6.42 Å². The third-order valence-corrected chi connectivity index (χ3v) is 9.57. The lowest BCUT2D eigenvalue weighted by atomic mass is 9.98. The van der Waals surface area contributed by atoms with E-state index in [0.717, 1.165) is 0 Å². The van der Waals surface area contributed by atoms with Crippen LogP contribution in [0.15, 0.2) is 0 Å². The van der Waals surface area contributed by atoms with Crippen molar-refractivity contribution in [1.29, 1.82) is 0 Å². The van der Waals surface area contributed by atoms with Gasteiger partial charge in [0.2, 0.25) is 0 Å². The van der Waals surface area contributed by atoms with Gasteiger partial charge in [-0.25, -0.2) is 4.79 Å². The summed E-state index contributed by atoms with van der Waals surface area (Å²) in [5.41, 5.74) is 0. The highest BCUT2D eigenvalue weighted by Crippen LogP contribution is 2.27. The van der Waals surface area contributed by atoms with E-state index in [1.54, 1.807) is 0 Å². The molecule has 0 spiro atoms. The summed E-state index contributed by atoms with van der Waals surface area (Å²) in [6.07, 6.45) is -19.4. The molecule has 0 aromatic rings. The molecule has 4 aliphatic rings. The molecule has 14 atom stereocenters. The summed E-state index contributed by atoms with van der Waals surface area (Å²) < 4.78 is 38.4. The number of unbranched alkanes of at least 4 members (excludes halogenated alkanes) is 2. The Morgan fingerprint density at radius 3 is 1.95 bits per heavy atom. The first kappa shape index (κ1) is 45.6. The number of nitrogens with zero attached hydrogens (tertiary/aromatic N) is 2. The topological polar surface area (TPSA) is 334 Å². The van der Waals surface area contributed by atoms with E-state index >= 15 is 0 Å². The summed E-state index contributed by atoms with van der Waals surface area (Å²) in [6, 6.07) is 0. The summed E-state index contributed by atoms with van der Waals surface area (Å²) in [5.74, 6) is -1.88. The predicted octanol–water partition coefficient (Wildman–Crippen LogP) is -6.47. The Morgan fingerprint density at radius 1 is 0.673 bits per heavy atom. The van der Waals surface area contributed by atoms with Gasteiger partial charge >= 0.3 is 5.97 Å². The Balaban J connectivity index is 1.30. The summed E-state index contributed by atoms with van der Waals surface area (Å²) in [4.78, 5) is 42.3. The van der Waals surface area contributed by atoms with Gasteiger partial charge in [0.05, 0.1) is 33.0 Å². The number of hydrogen-bond donors (Lipinski definition) is 10. The molecule has 0 bridgehead atoms. The predicted molar refractivity (Wildman–Crippen MR) is 174 cm³/mol. The quantitative estimate of drug-likeness (QED) is 0.0293. The number of ether oxygens (including phenoxy) is 7. The van der Waals surface area contributed by atoms with Gasteiger partial charge in [-0.05, 0) is 19.4 Å². The first-order valence-electron chi connectivity index (χ1n) is 18.1. The van der Waals surface area contributed by atoms with Gasteiger partial charge < -0.3 is 89.1 Å². The Morgan fingerprint density at radius 2 is 1.29 bits per heavy atom. The molecular formula is C32H54N2O21. The maximum atomic E-state index is 12.2. The number of aliphatic hydroxyl groups is 10.